The molecule has 5 rings (SSSR count). The molecule has 0 unspecified atom stereocenters. The molecule has 206 valence electrons. The fourth-order valence-corrected chi connectivity index (χ4v) is 5.55. The number of carbonyl (C=O) groups is 1. The Balaban J connectivity index is 1.46. The van der Waals surface area contributed by atoms with Gasteiger partial charge in [0.1, 0.15) is 11.3 Å². The lowest BCUT2D eigenvalue weighted by Gasteiger charge is -2.19. The zero-order valence-electron chi connectivity index (χ0n) is 22.8. The number of aromatic nitrogens is 5. The molecule has 0 saturated carbocycles. The molecule has 9 nitrogen and oxygen atoms in total. The van der Waals surface area contributed by atoms with Gasteiger partial charge in [0.15, 0.2) is 5.82 Å². The van der Waals surface area contributed by atoms with Gasteiger partial charge in [-0.2, -0.15) is 4.79 Å². The highest BCUT2D eigenvalue weighted by Gasteiger charge is 2.19. The minimum Gasteiger partial charge on any atom is -0.444 e. The molecule has 1 N–H and O–H groups in total. The van der Waals surface area contributed by atoms with Crippen LogP contribution < -0.4 is 10.3 Å². The summed E-state index contributed by atoms with van der Waals surface area (Å²) in [4.78, 5) is 23.1. The molecule has 40 heavy (non-hydrogen) atoms. The molecule has 0 saturated heterocycles. The van der Waals surface area contributed by atoms with E-state index in [-0.39, 0.29) is 5.69 Å². The average Bonchev–Trinajstić information content (AvgIpc) is 3.60. The van der Waals surface area contributed by atoms with E-state index in [0.717, 1.165) is 26.8 Å². The van der Waals surface area contributed by atoms with Crippen LogP contribution in [-0.2, 0) is 11.2 Å². The molecule has 3 heterocycles. The topological polar surface area (TPSA) is 98.1 Å². The van der Waals surface area contributed by atoms with Crippen molar-refractivity contribution < 1.29 is 13.9 Å². The van der Waals surface area contributed by atoms with Gasteiger partial charge in [-0.25, -0.2) is 24.2 Å². The molecular weight excluding hydrogens is 529 g/mol. The van der Waals surface area contributed by atoms with Gasteiger partial charge < -0.3 is 10.1 Å². The van der Waals surface area contributed by atoms with Gasteiger partial charge in [0.05, 0.1) is 23.5 Å². The molecule has 0 spiro atoms. The molecule has 0 bridgehead atoms. The van der Waals surface area contributed by atoms with E-state index in [4.69, 9.17) is 4.74 Å². The van der Waals surface area contributed by atoms with Crippen molar-refractivity contribution in [2.75, 3.05) is 18.1 Å². The number of anilines is 1. The number of nitrogens with zero attached hydrogens (tertiary/aromatic N) is 6. The van der Waals surface area contributed by atoms with E-state index in [2.05, 4.69) is 43.8 Å². The summed E-state index contributed by atoms with van der Waals surface area (Å²) in [6.45, 7) is 8.39. The third-order valence-electron chi connectivity index (χ3n) is 6.07. The highest BCUT2D eigenvalue weighted by molar-refractivity contribution is 7.22. The van der Waals surface area contributed by atoms with Crippen LogP contribution in [0, 0.1) is 5.82 Å². The number of thiophene rings is 1. The second kappa shape index (κ2) is 11.4. The summed E-state index contributed by atoms with van der Waals surface area (Å²) in [6.07, 6.45) is 4.62. The second-order valence-corrected chi connectivity index (χ2v) is 11.1. The molecule has 5 aromatic rings. The summed E-state index contributed by atoms with van der Waals surface area (Å²) < 4.78 is 21.4. The van der Waals surface area contributed by atoms with Crippen LogP contribution in [0.5, 0.6) is 0 Å². The fourth-order valence-electron chi connectivity index (χ4n) is 4.37. The van der Waals surface area contributed by atoms with Gasteiger partial charge in [-0.15, -0.1) is 16.4 Å². The minimum atomic E-state index is -0.552. The van der Waals surface area contributed by atoms with E-state index in [1.807, 2.05) is 58.0 Å². The highest BCUT2D eigenvalue weighted by atomic mass is 32.1. The number of hydrogen-bond donors (Lipinski definition) is 1. The highest BCUT2D eigenvalue weighted by Crippen LogP contribution is 2.40. The quantitative estimate of drug-likeness (QED) is 0.245. The number of benzene rings is 2. The Morgan fingerprint density at radius 3 is 2.70 bits per heavy atom. The number of hydrogen-bond acceptors (Lipinski definition) is 8. The molecule has 3 aromatic heterocycles. The first-order chi connectivity index (χ1) is 19.2. The van der Waals surface area contributed by atoms with Crippen molar-refractivity contribution in [2.45, 2.75) is 39.7 Å². The van der Waals surface area contributed by atoms with E-state index in [9.17, 15) is 4.79 Å². The predicted octanol–water partition coefficient (Wildman–Crippen LogP) is 6.11. The molecule has 0 aliphatic carbocycles. The lowest BCUT2D eigenvalue weighted by molar-refractivity contribution is 0.0528. The van der Waals surface area contributed by atoms with Crippen molar-refractivity contribution in [3.8, 4) is 21.7 Å². The first kappa shape index (κ1) is 27.2. The molecule has 0 aliphatic heterocycles. The van der Waals surface area contributed by atoms with Crippen molar-refractivity contribution in [2.24, 2.45) is 0 Å². The summed E-state index contributed by atoms with van der Waals surface area (Å²) in [5.41, 5.74) is 2.85. The Morgan fingerprint density at radius 2 is 1.95 bits per heavy atom. The summed E-state index contributed by atoms with van der Waals surface area (Å²) in [5.74, 6) is -0.176. The van der Waals surface area contributed by atoms with Gasteiger partial charge in [0.2, 0.25) is 5.95 Å². The van der Waals surface area contributed by atoms with Crippen LogP contribution in [0.3, 0.4) is 0 Å². The largest absolute Gasteiger partial charge is 0.444 e. The second-order valence-electron chi connectivity index (χ2n) is 10.1. The minimum absolute atomic E-state index is 0.227. The molecule has 2 aromatic carbocycles. The van der Waals surface area contributed by atoms with Crippen LogP contribution in [-0.4, -0.2) is 49.9 Å². The molecule has 1 amide bonds. The Morgan fingerprint density at radius 1 is 1.15 bits per heavy atom. The monoisotopic (exact) mass is 559 g/mol. The zero-order chi connectivity index (χ0) is 28.3. The van der Waals surface area contributed by atoms with Gasteiger partial charge in [-0.3, -0.25) is 0 Å². The van der Waals surface area contributed by atoms with E-state index in [0.29, 0.717) is 30.3 Å². The fraction of sp³-hybridized carbons (Fsp3) is 0.276. The first-order valence-corrected chi connectivity index (χ1v) is 13.8. The van der Waals surface area contributed by atoms with Gasteiger partial charge in [0.25, 0.3) is 0 Å². The average molecular weight is 560 g/mol. The summed E-state index contributed by atoms with van der Waals surface area (Å²) in [6, 6.07) is 16.1. The third-order valence-corrected chi connectivity index (χ3v) is 7.26. The Bertz CT molecular complexity index is 1630. The summed E-state index contributed by atoms with van der Waals surface area (Å²) in [7, 11) is 0. The van der Waals surface area contributed by atoms with Gasteiger partial charge in [-0.05, 0) is 67.5 Å². The standard InChI is InChI=1S/C29H30FN7O2S/c1-5-36(37-16-15-33-35-37)27-32-18-23(30)25(34-27)24-17-20-10-8-12-22(26(20)40-24)21-11-7-6-9-19(21)13-14-31-28(38)39-29(2,3)4/h6-12,15-18H,5,13-14H2,1-4H3,(H,31,38). The molecule has 11 heteroatoms. The van der Waals surface area contributed by atoms with E-state index < -0.39 is 17.5 Å². The first-order valence-electron chi connectivity index (χ1n) is 13.0. The van der Waals surface area contributed by atoms with Crippen LogP contribution in [0.4, 0.5) is 15.1 Å². The maximum absolute atomic E-state index is 15.1. The predicted molar refractivity (Wildman–Crippen MR) is 155 cm³/mol. The van der Waals surface area contributed by atoms with Crippen LogP contribution in [0.15, 0.2) is 67.1 Å². The molecule has 0 atom stereocenters. The SMILES string of the molecule is CCN(c1ncc(F)c(-c2cc3cccc(-c4ccccc4CCNC(=O)OC(C)(C)C)c3s2)n1)n1ccnn1. The maximum Gasteiger partial charge on any atom is 0.407 e. The van der Waals surface area contributed by atoms with Crippen LogP contribution >= 0.6 is 11.3 Å². The normalized spacial score (nSPS) is 11.5. The Labute approximate surface area is 235 Å². The smallest absolute Gasteiger partial charge is 0.407 e. The number of fused-ring (bicyclic) bond motifs is 1. The number of ether oxygens (including phenoxy) is 1. The number of amides is 1. The molecule has 0 fully saturated rings. The number of rotatable bonds is 8. The Kier molecular flexibility index (Phi) is 7.74. The van der Waals surface area contributed by atoms with E-state index in [1.54, 1.807) is 17.4 Å². The van der Waals surface area contributed by atoms with Gasteiger partial charge in [0, 0.05) is 17.8 Å². The lowest BCUT2D eigenvalue weighted by atomic mass is 9.97. The third kappa shape index (κ3) is 5.94. The number of nitrogens with one attached hydrogen (secondary N) is 1. The van der Waals surface area contributed by atoms with Gasteiger partial charge in [-0.1, -0.05) is 42.5 Å². The number of alkyl carbamates (subject to hydrolysis) is 1. The summed E-state index contributed by atoms with van der Waals surface area (Å²) in [5, 5.41) is 13.4. The van der Waals surface area contributed by atoms with Crippen LogP contribution in [0.25, 0.3) is 31.8 Å². The zero-order valence-corrected chi connectivity index (χ0v) is 23.6. The number of halogens is 1. The van der Waals surface area contributed by atoms with Crippen LogP contribution in [0.1, 0.15) is 33.3 Å². The van der Waals surface area contributed by atoms with Crippen LogP contribution in [0.2, 0.25) is 0 Å². The molecule has 0 aliphatic rings. The lowest BCUT2D eigenvalue weighted by Crippen LogP contribution is -2.33. The molecular formula is C29H30FN7O2S. The van der Waals surface area contributed by atoms with E-state index >= 15 is 4.39 Å². The number of carbonyl (C=O) groups excluding carboxylic acids is 1. The Hall–Kier alpha value is -4.38. The molecule has 0 radical (unpaired) electrons. The maximum atomic E-state index is 15.1. The van der Waals surface area contributed by atoms with Crippen molar-refractivity contribution in [1.82, 2.24) is 30.4 Å². The van der Waals surface area contributed by atoms with Crippen molar-refractivity contribution in [1.29, 1.82) is 0 Å². The summed E-state index contributed by atoms with van der Waals surface area (Å²) >= 11 is 1.48. The van der Waals surface area contributed by atoms with Crippen molar-refractivity contribution in [3.05, 3.63) is 78.5 Å². The van der Waals surface area contributed by atoms with E-state index in [1.165, 1.54) is 22.3 Å². The van der Waals surface area contributed by atoms with Crippen molar-refractivity contribution >= 4 is 33.5 Å². The van der Waals surface area contributed by atoms with Crippen molar-refractivity contribution in [3.63, 3.8) is 0 Å². The van der Waals surface area contributed by atoms with Gasteiger partial charge >= 0.3 is 6.09 Å².